The van der Waals surface area contributed by atoms with Gasteiger partial charge in [0.05, 0.1) is 11.3 Å². The lowest BCUT2D eigenvalue weighted by Crippen LogP contribution is -2.45. The highest BCUT2D eigenvalue weighted by Crippen LogP contribution is 2.48. The van der Waals surface area contributed by atoms with Crippen LogP contribution in [0.15, 0.2) is 53.0 Å². The zero-order valence-electron chi connectivity index (χ0n) is 13.9. The summed E-state index contributed by atoms with van der Waals surface area (Å²) in [7, 11) is 0. The summed E-state index contributed by atoms with van der Waals surface area (Å²) in [5.41, 5.74) is 1.00. The summed E-state index contributed by atoms with van der Waals surface area (Å²) in [5, 5.41) is 3.27. The highest BCUT2D eigenvalue weighted by atomic mass is 19.3. The van der Waals surface area contributed by atoms with Gasteiger partial charge in [0.2, 0.25) is 0 Å². The highest BCUT2D eigenvalue weighted by Gasteiger charge is 2.54. The van der Waals surface area contributed by atoms with E-state index in [1.807, 2.05) is 30.3 Å². The van der Waals surface area contributed by atoms with Crippen molar-refractivity contribution in [2.24, 2.45) is 4.99 Å². The third kappa shape index (κ3) is 2.29. The normalized spacial score (nSPS) is 19.9. The number of aliphatic imine (C=N–C) groups is 1. The van der Waals surface area contributed by atoms with Crippen LogP contribution in [0.3, 0.4) is 0 Å². The Labute approximate surface area is 144 Å². The Hall–Kier alpha value is -2.56. The van der Waals surface area contributed by atoms with Gasteiger partial charge in [0, 0.05) is 17.8 Å². The maximum Gasteiger partial charge on any atom is 0.300 e. The minimum Gasteiger partial charge on any atom is -0.380 e. The minimum absolute atomic E-state index is 0.164. The second-order valence-electron chi connectivity index (χ2n) is 6.87. The van der Waals surface area contributed by atoms with Crippen molar-refractivity contribution in [3.63, 3.8) is 0 Å². The fraction of sp³-hybridized carbons (Fsp3) is 0.250. The van der Waals surface area contributed by atoms with Gasteiger partial charge in [-0.25, -0.2) is 4.39 Å². The molecule has 0 bridgehead atoms. The summed E-state index contributed by atoms with van der Waals surface area (Å²) >= 11 is 0. The number of benzene rings is 2. The van der Waals surface area contributed by atoms with E-state index in [-0.39, 0.29) is 5.56 Å². The van der Waals surface area contributed by atoms with Crippen LogP contribution < -0.4 is 5.32 Å². The van der Waals surface area contributed by atoms with Gasteiger partial charge in [-0.2, -0.15) is 8.78 Å². The summed E-state index contributed by atoms with van der Waals surface area (Å²) in [6.07, 6.45) is 1.93. The number of rotatable bonds is 1. The first-order valence-electron chi connectivity index (χ1n) is 8.12. The van der Waals surface area contributed by atoms with E-state index >= 15 is 0 Å². The molecule has 4 rings (SSSR count). The fourth-order valence-electron chi connectivity index (χ4n) is 3.37. The molecule has 0 unspecified atom stereocenters. The molecule has 2 heterocycles. The van der Waals surface area contributed by atoms with Gasteiger partial charge in [-0.15, -0.1) is 0 Å². The monoisotopic (exact) mass is 342 g/mol. The topological polar surface area (TPSA) is 24.4 Å². The molecule has 1 N–H and O–H groups in total. The van der Waals surface area contributed by atoms with Crippen LogP contribution in [0.1, 0.15) is 30.5 Å². The summed E-state index contributed by atoms with van der Waals surface area (Å²) in [6.45, 7) is 3.13. The molecular weight excluding hydrogens is 325 g/mol. The van der Waals surface area contributed by atoms with Gasteiger partial charge < -0.3 is 5.32 Å². The average molecular weight is 342 g/mol. The molecule has 0 radical (unpaired) electrons. The van der Waals surface area contributed by atoms with E-state index in [1.54, 1.807) is 0 Å². The molecule has 2 aromatic rings. The highest BCUT2D eigenvalue weighted by molar-refractivity contribution is 6.18. The minimum atomic E-state index is -3.38. The predicted octanol–water partition coefficient (Wildman–Crippen LogP) is 5.01. The maximum atomic E-state index is 14.8. The molecule has 0 aromatic heterocycles. The van der Waals surface area contributed by atoms with Gasteiger partial charge in [0.15, 0.2) is 0 Å². The summed E-state index contributed by atoms with van der Waals surface area (Å²) in [5.74, 6) is -4.27. The average Bonchev–Trinajstić information content (AvgIpc) is 2.58. The van der Waals surface area contributed by atoms with Gasteiger partial charge in [0.1, 0.15) is 11.4 Å². The Morgan fingerprint density at radius 3 is 2.60 bits per heavy atom. The van der Waals surface area contributed by atoms with Crippen LogP contribution in [0.4, 0.5) is 18.9 Å². The Kier molecular flexibility index (Phi) is 3.33. The van der Waals surface area contributed by atoms with Crippen LogP contribution in [0.5, 0.6) is 0 Å². The van der Waals surface area contributed by atoms with Crippen molar-refractivity contribution in [2.45, 2.75) is 25.3 Å². The van der Waals surface area contributed by atoms with Crippen LogP contribution in [0.2, 0.25) is 0 Å². The lowest BCUT2D eigenvalue weighted by Gasteiger charge is -2.38. The lowest BCUT2D eigenvalue weighted by atomic mass is 9.80. The van der Waals surface area contributed by atoms with Crippen LogP contribution in [0.25, 0.3) is 6.08 Å². The Balaban J connectivity index is 1.94. The summed E-state index contributed by atoms with van der Waals surface area (Å²) < 4.78 is 44.0. The van der Waals surface area contributed by atoms with E-state index in [0.29, 0.717) is 12.3 Å². The molecule has 2 aliphatic heterocycles. The number of nitrogens with zero attached hydrogens (tertiary/aromatic N) is 1. The summed E-state index contributed by atoms with van der Waals surface area (Å²) in [6, 6.07) is 11.8. The fourth-order valence-corrected chi connectivity index (χ4v) is 3.37. The molecule has 0 spiro atoms. The van der Waals surface area contributed by atoms with Gasteiger partial charge in [-0.05, 0) is 43.2 Å². The Morgan fingerprint density at radius 2 is 1.80 bits per heavy atom. The van der Waals surface area contributed by atoms with Gasteiger partial charge in [-0.3, -0.25) is 4.99 Å². The molecule has 0 saturated carbocycles. The number of fused-ring (bicyclic) bond motifs is 2. The molecule has 0 atom stereocenters. The number of alkyl halides is 2. The molecule has 25 heavy (non-hydrogen) atoms. The van der Waals surface area contributed by atoms with Crippen LogP contribution in [-0.2, 0) is 5.92 Å². The van der Waals surface area contributed by atoms with Crippen molar-refractivity contribution in [3.8, 4) is 0 Å². The van der Waals surface area contributed by atoms with Crippen LogP contribution >= 0.6 is 0 Å². The second kappa shape index (κ2) is 5.22. The predicted molar refractivity (Wildman–Crippen MR) is 93.8 cm³/mol. The first kappa shape index (κ1) is 15.9. The van der Waals surface area contributed by atoms with E-state index < -0.39 is 22.8 Å². The van der Waals surface area contributed by atoms with Gasteiger partial charge in [-0.1, -0.05) is 30.3 Å². The molecule has 2 aromatic carbocycles. The van der Waals surface area contributed by atoms with Crippen molar-refractivity contribution in [3.05, 3.63) is 70.5 Å². The number of hydrogen-bond acceptors (Lipinski definition) is 2. The molecule has 2 aliphatic rings. The quantitative estimate of drug-likeness (QED) is 0.774. The molecule has 128 valence electrons. The van der Waals surface area contributed by atoms with E-state index in [1.165, 1.54) is 26.0 Å². The van der Waals surface area contributed by atoms with E-state index in [9.17, 15) is 13.2 Å². The van der Waals surface area contributed by atoms with Gasteiger partial charge >= 0.3 is 5.92 Å². The third-order valence-corrected chi connectivity index (χ3v) is 4.81. The largest absolute Gasteiger partial charge is 0.380 e. The number of halogens is 3. The zero-order chi connectivity index (χ0) is 17.8. The smallest absolute Gasteiger partial charge is 0.300 e. The molecule has 0 amide bonds. The van der Waals surface area contributed by atoms with E-state index in [0.717, 1.165) is 22.9 Å². The van der Waals surface area contributed by atoms with Crippen molar-refractivity contribution in [1.82, 2.24) is 0 Å². The van der Waals surface area contributed by atoms with Gasteiger partial charge in [0.25, 0.3) is 0 Å². The molecule has 5 heteroatoms. The van der Waals surface area contributed by atoms with E-state index in [2.05, 4.69) is 10.3 Å². The number of para-hydroxylation sites is 1. The zero-order valence-corrected chi connectivity index (χ0v) is 13.9. The van der Waals surface area contributed by atoms with Crippen molar-refractivity contribution < 1.29 is 13.2 Å². The first-order chi connectivity index (χ1) is 11.8. The Bertz CT molecular complexity index is 926. The van der Waals surface area contributed by atoms with Crippen molar-refractivity contribution in [1.29, 1.82) is 0 Å². The number of nitrogens with one attached hydrogen (secondary N) is 1. The van der Waals surface area contributed by atoms with Crippen LogP contribution in [0, 0.1) is 5.82 Å². The van der Waals surface area contributed by atoms with Crippen molar-refractivity contribution in [2.75, 3.05) is 11.9 Å². The molecule has 2 nitrogen and oxygen atoms in total. The van der Waals surface area contributed by atoms with Crippen LogP contribution in [-0.4, -0.2) is 17.8 Å². The number of anilines is 1. The third-order valence-electron chi connectivity index (χ3n) is 4.81. The first-order valence-corrected chi connectivity index (χ1v) is 8.12. The van der Waals surface area contributed by atoms with Crippen molar-refractivity contribution >= 4 is 17.5 Å². The maximum absolute atomic E-state index is 14.8. The molecule has 0 fully saturated rings. The molecule has 0 aliphatic carbocycles. The number of hydrogen-bond donors (Lipinski definition) is 1. The SMILES string of the molecule is CC1(C)N=C(C2=Cc3ccccc3NC2)c2cccc(F)c2C1(F)F. The van der Waals surface area contributed by atoms with E-state index in [4.69, 9.17) is 0 Å². The standard InChI is InChI=1S/C20H17F3N2/c1-19(2)20(22,23)17-14(7-5-8-15(17)21)18(25-19)13-10-12-6-3-4-9-16(12)24-11-13/h3-10,24H,11H2,1-2H3. The summed E-state index contributed by atoms with van der Waals surface area (Å²) in [4.78, 5) is 4.34. The second-order valence-corrected chi connectivity index (χ2v) is 6.87. The molecular formula is C20H17F3N2. The molecule has 0 saturated heterocycles. The lowest BCUT2D eigenvalue weighted by molar-refractivity contribution is -0.0710. The Morgan fingerprint density at radius 1 is 1.04 bits per heavy atom.